The van der Waals surface area contributed by atoms with Crippen LogP contribution in [0, 0.1) is 0 Å². The van der Waals surface area contributed by atoms with Crippen molar-refractivity contribution in [2.24, 2.45) is 0 Å². The first-order valence-electron chi connectivity index (χ1n) is 4.12. The third-order valence-corrected chi connectivity index (χ3v) is 2.41. The molecule has 14 heavy (non-hydrogen) atoms. The van der Waals surface area contributed by atoms with Crippen LogP contribution in [-0.2, 0) is 9.47 Å². The van der Waals surface area contributed by atoms with Crippen LogP contribution in [0.4, 0.5) is 0 Å². The molecule has 4 heteroatoms. The zero-order valence-electron chi connectivity index (χ0n) is 7.97. The van der Waals surface area contributed by atoms with E-state index in [1.54, 1.807) is 12.2 Å². The summed E-state index contributed by atoms with van der Waals surface area (Å²) < 4.78 is 11.5. The molecule has 0 unspecified atom stereocenters. The van der Waals surface area contributed by atoms with Gasteiger partial charge in [0.2, 0.25) is 0 Å². The van der Waals surface area contributed by atoms with Gasteiger partial charge in [-0.05, 0) is 31.9 Å². The first-order chi connectivity index (χ1) is 6.72. The Morgan fingerprint density at radius 2 is 1.43 bits per heavy atom. The Morgan fingerprint density at radius 1 is 1.00 bits per heavy atom. The highest BCUT2D eigenvalue weighted by Crippen LogP contribution is 2.19. The van der Waals surface area contributed by atoms with Gasteiger partial charge in [-0.3, -0.25) is 0 Å². The summed E-state index contributed by atoms with van der Waals surface area (Å²) in [4.78, 5) is 0. The molecule has 0 atom stereocenters. The minimum absolute atomic E-state index is 0.523. The summed E-state index contributed by atoms with van der Waals surface area (Å²) in [5.41, 5.74) is 1.02. The van der Waals surface area contributed by atoms with Gasteiger partial charge in [-0.2, -0.15) is 0 Å². The molecule has 0 radical (unpaired) electrons. The molecule has 0 aliphatic rings. The van der Waals surface area contributed by atoms with Gasteiger partial charge in [-0.25, -0.2) is 0 Å². The third kappa shape index (κ3) is 7.50. The molecule has 0 aliphatic heterocycles. The lowest BCUT2D eigenvalue weighted by molar-refractivity contribution is 0.146. The first-order valence-corrected chi connectivity index (χ1v) is 5.71. The van der Waals surface area contributed by atoms with Crippen LogP contribution < -0.4 is 0 Å². The topological polar surface area (TPSA) is 18.5 Å². The maximum absolute atomic E-state index is 5.30. The highest BCUT2D eigenvalue weighted by atomic mass is 79.9. The standard InChI is InChI=1S/C10H14Br2O2/c1-3-5-13-7-9(10(11)12)8-14-6-4-2/h3-4H,1-2,5-8H2. The summed E-state index contributed by atoms with van der Waals surface area (Å²) in [6.07, 6.45) is 3.43. The van der Waals surface area contributed by atoms with E-state index in [0.717, 1.165) is 8.96 Å². The van der Waals surface area contributed by atoms with E-state index in [2.05, 4.69) is 45.0 Å². The summed E-state index contributed by atoms with van der Waals surface area (Å²) in [6, 6.07) is 0. The monoisotopic (exact) mass is 324 g/mol. The van der Waals surface area contributed by atoms with Crippen molar-refractivity contribution in [3.63, 3.8) is 0 Å². The normalized spacial score (nSPS) is 9.57. The molecule has 0 fully saturated rings. The van der Waals surface area contributed by atoms with Gasteiger partial charge in [0.25, 0.3) is 0 Å². The van der Waals surface area contributed by atoms with E-state index in [0.29, 0.717) is 26.4 Å². The Balaban J connectivity index is 3.85. The number of hydrogen-bond donors (Lipinski definition) is 0. The summed E-state index contributed by atoms with van der Waals surface area (Å²) in [6.45, 7) is 9.26. The molecule has 0 aromatic heterocycles. The summed E-state index contributed by atoms with van der Waals surface area (Å²) in [5.74, 6) is 0. The van der Waals surface area contributed by atoms with Crippen LogP contribution in [0.25, 0.3) is 0 Å². The van der Waals surface area contributed by atoms with E-state index < -0.39 is 0 Å². The first kappa shape index (κ1) is 14.1. The van der Waals surface area contributed by atoms with Crippen molar-refractivity contribution in [3.8, 4) is 0 Å². The molecule has 80 valence electrons. The van der Waals surface area contributed by atoms with Crippen LogP contribution >= 0.6 is 31.9 Å². The second-order valence-corrected chi connectivity index (χ2v) is 5.12. The minimum atomic E-state index is 0.523. The maximum Gasteiger partial charge on any atom is 0.0722 e. The Hall–Kier alpha value is 0.100. The van der Waals surface area contributed by atoms with Gasteiger partial charge in [-0.1, -0.05) is 12.2 Å². The van der Waals surface area contributed by atoms with E-state index in [9.17, 15) is 0 Å². The minimum Gasteiger partial charge on any atom is -0.373 e. The average molecular weight is 326 g/mol. The SMILES string of the molecule is C=CCOCC(COCC=C)=C(Br)Br. The highest BCUT2D eigenvalue weighted by molar-refractivity contribution is 9.28. The third-order valence-electron chi connectivity index (χ3n) is 1.29. The molecule has 0 heterocycles. The molecule has 0 saturated heterocycles. The number of halogens is 2. The molecule has 2 nitrogen and oxygen atoms in total. The van der Waals surface area contributed by atoms with Gasteiger partial charge in [0.05, 0.1) is 29.8 Å². The fraction of sp³-hybridized carbons (Fsp3) is 0.400. The summed E-state index contributed by atoms with van der Waals surface area (Å²) >= 11 is 6.66. The maximum atomic E-state index is 5.30. The largest absolute Gasteiger partial charge is 0.373 e. The van der Waals surface area contributed by atoms with E-state index in [1.165, 1.54) is 0 Å². The van der Waals surface area contributed by atoms with Crippen molar-refractivity contribution < 1.29 is 9.47 Å². The van der Waals surface area contributed by atoms with Crippen molar-refractivity contribution in [1.29, 1.82) is 0 Å². The van der Waals surface area contributed by atoms with E-state index in [-0.39, 0.29) is 0 Å². The fourth-order valence-electron chi connectivity index (χ4n) is 0.682. The number of hydrogen-bond acceptors (Lipinski definition) is 2. The Bertz CT molecular complexity index is 192. The van der Waals surface area contributed by atoms with Crippen molar-refractivity contribution in [1.82, 2.24) is 0 Å². The number of rotatable bonds is 8. The summed E-state index contributed by atoms with van der Waals surface area (Å²) in [5, 5.41) is 0. The molecule has 0 amide bonds. The van der Waals surface area contributed by atoms with Crippen LogP contribution in [-0.4, -0.2) is 26.4 Å². The van der Waals surface area contributed by atoms with Gasteiger partial charge in [0, 0.05) is 5.57 Å². The van der Waals surface area contributed by atoms with E-state index in [1.807, 2.05) is 0 Å². The predicted octanol–water partition coefficient (Wildman–Crippen LogP) is 3.39. The molecule has 0 bridgehead atoms. The van der Waals surface area contributed by atoms with Crippen LogP contribution in [0.3, 0.4) is 0 Å². The molecule has 0 N–H and O–H groups in total. The molecular formula is C10H14Br2O2. The van der Waals surface area contributed by atoms with E-state index >= 15 is 0 Å². The van der Waals surface area contributed by atoms with Crippen LogP contribution in [0.1, 0.15) is 0 Å². The number of ether oxygens (including phenoxy) is 2. The molecular weight excluding hydrogens is 312 g/mol. The van der Waals surface area contributed by atoms with Gasteiger partial charge < -0.3 is 9.47 Å². The van der Waals surface area contributed by atoms with Gasteiger partial charge in [0.15, 0.2) is 0 Å². The molecule has 0 rings (SSSR count). The fourth-order valence-corrected chi connectivity index (χ4v) is 1.14. The van der Waals surface area contributed by atoms with E-state index in [4.69, 9.17) is 9.47 Å². The molecule has 0 aromatic carbocycles. The van der Waals surface area contributed by atoms with Crippen molar-refractivity contribution in [2.45, 2.75) is 0 Å². The van der Waals surface area contributed by atoms with Crippen molar-refractivity contribution in [2.75, 3.05) is 26.4 Å². The molecule has 0 spiro atoms. The second-order valence-electron chi connectivity index (χ2n) is 2.47. The van der Waals surface area contributed by atoms with Crippen molar-refractivity contribution >= 4 is 31.9 Å². The zero-order valence-corrected chi connectivity index (χ0v) is 11.1. The Labute approximate surface area is 102 Å². The quantitative estimate of drug-likeness (QED) is 0.503. The van der Waals surface area contributed by atoms with Gasteiger partial charge >= 0.3 is 0 Å². The van der Waals surface area contributed by atoms with Crippen LogP contribution in [0.5, 0.6) is 0 Å². The van der Waals surface area contributed by atoms with Crippen molar-refractivity contribution in [3.05, 3.63) is 34.3 Å². The van der Waals surface area contributed by atoms with Crippen LogP contribution in [0.15, 0.2) is 34.3 Å². The second kappa shape index (κ2) is 9.65. The van der Waals surface area contributed by atoms with Gasteiger partial charge in [0.1, 0.15) is 0 Å². The Morgan fingerprint density at radius 3 is 1.71 bits per heavy atom. The lowest BCUT2D eigenvalue weighted by Gasteiger charge is -2.08. The highest BCUT2D eigenvalue weighted by Gasteiger charge is 2.02. The van der Waals surface area contributed by atoms with Gasteiger partial charge in [-0.15, -0.1) is 13.2 Å². The molecule has 0 aromatic rings. The van der Waals surface area contributed by atoms with Crippen LogP contribution in [0.2, 0.25) is 0 Å². The smallest absolute Gasteiger partial charge is 0.0722 e. The molecule has 0 saturated carbocycles. The zero-order chi connectivity index (χ0) is 10.8. The Kier molecular flexibility index (Phi) is 9.72. The lowest BCUT2D eigenvalue weighted by Crippen LogP contribution is -2.06. The molecule has 0 aliphatic carbocycles. The lowest BCUT2D eigenvalue weighted by atomic mass is 10.3. The predicted molar refractivity (Wildman–Crippen MR) is 66.9 cm³/mol. The average Bonchev–Trinajstić information content (AvgIpc) is 2.15. The summed E-state index contributed by atoms with van der Waals surface area (Å²) in [7, 11) is 0.